The summed E-state index contributed by atoms with van der Waals surface area (Å²) in [7, 11) is 3.17. The molecule has 0 aliphatic carbocycles. The average Bonchev–Trinajstić information content (AvgIpc) is 3.39. The number of hydrogen-bond donors (Lipinski definition) is 0. The summed E-state index contributed by atoms with van der Waals surface area (Å²) in [5.41, 5.74) is 2.13. The number of amides is 1. The Morgan fingerprint density at radius 1 is 1.00 bits per heavy atom. The molecule has 0 bridgehead atoms. The van der Waals surface area contributed by atoms with Gasteiger partial charge in [-0.05, 0) is 40.1 Å². The van der Waals surface area contributed by atoms with Crippen LogP contribution in [0, 0.1) is 11.3 Å². The maximum atomic E-state index is 13.1. The number of anilines is 1. The molecule has 1 saturated heterocycles. The predicted octanol–water partition coefficient (Wildman–Crippen LogP) is 4.78. The number of carbonyl (C=O) groups is 1. The van der Waals surface area contributed by atoms with Crippen molar-refractivity contribution >= 4 is 34.7 Å². The SMILES string of the molecule is COc1ccc(/C=C/c2nc(C#N)c(N3CCN(C(=O)Cc4cccc5ccccc45)CC3)o2)cc1OC. The summed E-state index contributed by atoms with van der Waals surface area (Å²) < 4.78 is 16.6. The van der Waals surface area contributed by atoms with E-state index in [1.807, 2.05) is 58.3 Å². The largest absolute Gasteiger partial charge is 0.493 e. The first-order valence-electron chi connectivity index (χ1n) is 12.4. The smallest absolute Gasteiger partial charge is 0.235 e. The van der Waals surface area contributed by atoms with Gasteiger partial charge in [0.1, 0.15) is 6.07 Å². The molecule has 192 valence electrons. The number of methoxy groups -OCH3 is 2. The first-order valence-corrected chi connectivity index (χ1v) is 12.4. The molecule has 1 aliphatic heterocycles. The molecule has 1 fully saturated rings. The van der Waals surface area contributed by atoms with Gasteiger partial charge in [0.2, 0.25) is 23.4 Å². The highest BCUT2D eigenvalue weighted by Gasteiger charge is 2.26. The highest BCUT2D eigenvalue weighted by Crippen LogP contribution is 2.29. The molecule has 0 atom stereocenters. The molecule has 0 radical (unpaired) electrons. The Bertz CT molecular complexity index is 1520. The Morgan fingerprint density at radius 3 is 2.53 bits per heavy atom. The monoisotopic (exact) mass is 508 g/mol. The molecule has 8 heteroatoms. The van der Waals surface area contributed by atoms with Crippen LogP contribution >= 0.6 is 0 Å². The van der Waals surface area contributed by atoms with Crippen LogP contribution in [-0.2, 0) is 11.2 Å². The van der Waals surface area contributed by atoms with E-state index in [1.165, 1.54) is 0 Å². The molecule has 3 aromatic carbocycles. The lowest BCUT2D eigenvalue weighted by molar-refractivity contribution is -0.130. The minimum atomic E-state index is 0.0950. The molecular weight excluding hydrogens is 480 g/mol. The lowest BCUT2D eigenvalue weighted by Crippen LogP contribution is -2.49. The molecule has 0 unspecified atom stereocenters. The normalized spacial score (nSPS) is 13.6. The van der Waals surface area contributed by atoms with Gasteiger partial charge in [-0.2, -0.15) is 10.2 Å². The molecule has 0 spiro atoms. The predicted molar refractivity (Wildman–Crippen MR) is 146 cm³/mol. The standard InChI is InChI=1S/C30H28N4O4/c1-36-26-12-10-21(18-27(26)37-2)11-13-28-32-25(20-31)30(38-28)34-16-14-33(15-17-34)29(35)19-23-8-5-7-22-6-3-4-9-24(22)23/h3-13,18H,14-17,19H2,1-2H3/b13-11+. The van der Waals surface area contributed by atoms with Gasteiger partial charge >= 0.3 is 0 Å². The number of ether oxygens (including phenoxy) is 2. The van der Waals surface area contributed by atoms with E-state index < -0.39 is 0 Å². The lowest BCUT2D eigenvalue weighted by Gasteiger charge is -2.34. The zero-order valence-electron chi connectivity index (χ0n) is 21.4. The minimum Gasteiger partial charge on any atom is -0.493 e. The third kappa shape index (κ3) is 5.18. The summed E-state index contributed by atoms with van der Waals surface area (Å²) in [6.45, 7) is 2.21. The van der Waals surface area contributed by atoms with Crippen LogP contribution in [0.25, 0.3) is 22.9 Å². The lowest BCUT2D eigenvalue weighted by atomic mass is 10.0. The molecule has 38 heavy (non-hydrogen) atoms. The number of benzene rings is 3. The number of hydrogen-bond acceptors (Lipinski definition) is 7. The second-order valence-corrected chi connectivity index (χ2v) is 8.95. The third-order valence-corrected chi connectivity index (χ3v) is 6.70. The zero-order valence-corrected chi connectivity index (χ0v) is 21.4. The topological polar surface area (TPSA) is 91.8 Å². The molecule has 2 heterocycles. The maximum Gasteiger partial charge on any atom is 0.235 e. The number of nitrogens with zero attached hydrogens (tertiary/aromatic N) is 4. The van der Waals surface area contributed by atoms with Crippen molar-refractivity contribution in [2.45, 2.75) is 6.42 Å². The van der Waals surface area contributed by atoms with Gasteiger partial charge in [-0.25, -0.2) is 0 Å². The van der Waals surface area contributed by atoms with E-state index in [1.54, 1.807) is 20.3 Å². The molecule has 0 saturated carbocycles. The number of fused-ring (bicyclic) bond motifs is 1. The number of piperazine rings is 1. The molecule has 4 aromatic rings. The van der Waals surface area contributed by atoms with Gasteiger partial charge in [0, 0.05) is 32.3 Å². The Labute approximate surface area is 221 Å². The van der Waals surface area contributed by atoms with E-state index in [-0.39, 0.29) is 11.6 Å². The second-order valence-electron chi connectivity index (χ2n) is 8.95. The van der Waals surface area contributed by atoms with Crippen molar-refractivity contribution in [1.29, 1.82) is 5.26 Å². The van der Waals surface area contributed by atoms with E-state index in [2.05, 4.69) is 29.3 Å². The van der Waals surface area contributed by atoms with Gasteiger partial charge in [-0.15, -0.1) is 0 Å². The van der Waals surface area contributed by atoms with Crippen LogP contribution in [0.5, 0.6) is 11.5 Å². The molecule has 0 N–H and O–H groups in total. The van der Waals surface area contributed by atoms with Gasteiger partial charge in [0.15, 0.2) is 11.5 Å². The number of aromatic nitrogens is 1. The Morgan fingerprint density at radius 2 is 1.76 bits per heavy atom. The molecule has 1 aliphatic rings. The van der Waals surface area contributed by atoms with Crippen LogP contribution in [-0.4, -0.2) is 56.2 Å². The van der Waals surface area contributed by atoms with Crippen LogP contribution < -0.4 is 14.4 Å². The van der Waals surface area contributed by atoms with Crippen LogP contribution in [0.4, 0.5) is 5.88 Å². The highest BCUT2D eigenvalue weighted by atomic mass is 16.5. The van der Waals surface area contributed by atoms with E-state index >= 15 is 0 Å². The van der Waals surface area contributed by atoms with E-state index in [9.17, 15) is 10.1 Å². The van der Waals surface area contributed by atoms with Gasteiger partial charge in [-0.3, -0.25) is 4.79 Å². The molecular formula is C30H28N4O4. The number of carbonyl (C=O) groups excluding carboxylic acids is 1. The fourth-order valence-corrected chi connectivity index (χ4v) is 4.69. The van der Waals surface area contributed by atoms with Crippen molar-refractivity contribution in [3.63, 3.8) is 0 Å². The van der Waals surface area contributed by atoms with Crippen molar-refractivity contribution in [2.24, 2.45) is 0 Å². The first kappa shape index (κ1) is 24.9. The van der Waals surface area contributed by atoms with E-state index in [0.29, 0.717) is 55.9 Å². The van der Waals surface area contributed by atoms with Crippen molar-refractivity contribution in [3.05, 3.63) is 83.4 Å². The Hall–Kier alpha value is -4.77. The fraction of sp³-hybridized carbons (Fsp3) is 0.233. The molecule has 1 aromatic heterocycles. The Balaban J connectivity index is 1.24. The molecule has 1 amide bonds. The van der Waals surface area contributed by atoms with Gasteiger partial charge < -0.3 is 23.7 Å². The molecule has 8 nitrogen and oxygen atoms in total. The van der Waals surface area contributed by atoms with E-state index in [0.717, 1.165) is 21.9 Å². The fourth-order valence-electron chi connectivity index (χ4n) is 4.69. The van der Waals surface area contributed by atoms with Gasteiger partial charge in [0.25, 0.3) is 0 Å². The summed E-state index contributed by atoms with van der Waals surface area (Å²) in [5, 5.41) is 11.9. The maximum absolute atomic E-state index is 13.1. The van der Waals surface area contributed by atoms with Crippen LogP contribution in [0.2, 0.25) is 0 Å². The summed E-state index contributed by atoms with van der Waals surface area (Å²) >= 11 is 0. The third-order valence-electron chi connectivity index (χ3n) is 6.70. The van der Waals surface area contributed by atoms with Crippen LogP contribution in [0.3, 0.4) is 0 Å². The summed E-state index contributed by atoms with van der Waals surface area (Å²) in [6, 6.07) is 21.9. The van der Waals surface area contributed by atoms with Crippen molar-refractivity contribution in [2.75, 3.05) is 45.3 Å². The Kier molecular flexibility index (Phi) is 7.27. The highest BCUT2D eigenvalue weighted by molar-refractivity contribution is 5.90. The summed E-state index contributed by atoms with van der Waals surface area (Å²) in [5.74, 6) is 2.12. The van der Waals surface area contributed by atoms with Crippen molar-refractivity contribution < 1.29 is 18.7 Å². The van der Waals surface area contributed by atoms with Crippen LogP contribution in [0.15, 0.2) is 65.1 Å². The summed E-state index contributed by atoms with van der Waals surface area (Å²) in [6.07, 6.45) is 3.91. The second kappa shape index (κ2) is 11.1. The van der Waals surface area contributed by atoms with Crippen LogP contribution in [0.1, 0.15) is 22.7 Å². The zero-order chi connectivity index (χ0) is 26.5. The van der Waals surface area contributed by atoms with Gasteiger partial charge in [-0.1, -0.05) is 48.5 Å². The number of oxazole rings is 1. The number of rotatable bonds is 7. The molecule has 5 rings (SSSR count). The van der Waals surface area contributed by atoms with E-state index in [4.69, 9.17) is 13.9 Å². The summed E-state index contributed by atoms with van der Waals surface area (Å²) in [4.78, 5) is 21.3. The van der Waals surface area contributed by atoms with Crippen molar-refractivity contribution in [3.8, 4) is 17.6 Å². The van der Waals surface area contributed by atoms with Gasteiger partial charge in [0.05, 0.1) is 20.6 Å². The minimum absolute atomic E-state index is 0.0950. The first-order chi connectivity index (χ1) is 18.6. The number of nitriles is 1. The quantitative estimate of drug-likeness (QED) is 0.355. The average molecular weight is 509 g/mol. The van der Waals surface area contributed by atoms with Crippen molar-refractivity contribution in [1.82, 2.24) is 9.88 Å².